The maximum absolute atomic E-state index is 11.9. The summed E-state index contributed by atoms with van der Waals surface area (Å²) in [5.41, 5.74) is 3.75. The quantitative estimate of drug-likeness (QED) is 0.890. The molecular weight excluding hydrogens is 274 g/mol. The van der Waals surface area contributed by atoms with Crippen LogP contribution in [0.2, 0.25) is 0 Å². The van der Waals surface area contributed by atoms with E-state index < -0.39 is 0 Å². The zero-order valence-electron chi connectivity index (χ0n) is 12.7. The van der Waals surface area contributed by atoms with Crippen LogP contribution in [0.5, 0.6) is 5.75 Å². The molecule has 1 amide bonds. The molecule has 0 fully saturated rings. The summed E-state index contributed by atoms with van der Waals surface area (Å²) in [5, 5.41) is 3.00. The van der Waals surface area contributed by atoms with E-state index in [2.05, 4.69) is 29.6 Å². The molecule has 0 aromatic heterocycles. The number of hydrogen-bond acceptors (Lipinski definition) is 2. The van der Waals surface area contributed by atoms with Crippen molar-refractivity contribution in [3.8, 4) is 5.75 Å². The van der Waals surface area contributed by atoms with Crippen molar-refractivity contribution in [2.45, 2.75) is 25.7 Å². The number of carbonyl (C=O) groups is 1. The minimum Gasteiger partial charge on any atom is -0.493 e. The van der Waals surface area contributed by atoms with E-state index in [-0.39, 0.29) is 5.91 Å². The molecule has 3 nitrogen and oxygen atoms in total. The lowest BCUT2D eigenvalue weighted by atomic mass is 10.1. The van der Waals surface area contributed by atoms with E-state index in [0.29, 0.717) is 13.0 Å². The summed E-state index contributed by atoms with van der Waals surface area (Å²) >= 11 is 0. The van der Waals surface area contributed by atoms with Crippen molar-refractivity contribution >= 4 is 5.91 Å². The van der Waals surface area contributed by atoms with E-state index in [1.54, 1.807) is 0 Å². The second-order valence-electron chi connectivity index (χ2n) is 5.63. The fourth-order valence-electron chi connectivity index (χ4n) is 2.73. The van der Waals surface area contributed by atoms with Crippen LogP contribution < -0.4 is 10.1 Å². The van der Waals surface area contributed by atoms with E-state index in [4.69, 9.17) is 4.74 Å². The molecule has 3 rings (SSSR count). The Hall–Kier alpha value is -2.29. The Morgan fingerprint density at radius 2 is 1.91 bits per heavy atom. The van der Waals surface area contributed by atoms with Gasteiger partial charge in [0, 0.05) is 19.4 Å². The highest BCUT2D eigenvalue weighted by Gasteiger charge is 2.11. The van der Waals surface area contributed by atoms with Crippen LogP contribution in [0.15, 0.2) is 48.5 Å². The highest BCUT2D eigenvalue weighted by atomic mass is 16.5. The molecule has 1 N–H and O–H groups in total. The SMILES string of the molecule is O=C(CCc1ccccc1)NCCc1ccc2c(c1)CCO2. The van der Waals surface area contributed by atoms with Gasteiger partial charge in [-0.3, -0.25) is 4.79 Å². The second kappa shape index (κ2) is 7.12. The molecule has 0 radical (unpaired) electrons. The van der Waals surface area contributed by atoms with Crippen LogP contribution in [0.25, 0.3) is 0 Å². The van der Waals surface area contributed by atoms with Gasteiger partial charge in [0.1, 0.15) is 5.75 Å². The Bertz CT molecular complexity index is 637. The molecule has 0 bridgehead atoms. The summed E-state index contributed by atoms with van der Waals surface area (Å²) in [6.07, 6.45) is 3.20. The standard InChI is InChI=1S/C19H21NO2/c21-19(9-7-15-4-2-1-3-5-15)20-12-10-16-6-8-18-17(14-16)11-13-22-18/h1-6,8,14H,7,9-13H2,(H,20,21). The largest absolute Gasteiger partial charge is 0.493 e. The molecule has 1 heterocycles. The Balaban J connectivity index is 1.40. The Kier molecular flexibility index (Phi) is 4.74. The zero-order valence-corrected chi connectivity index (χ0v) is 12.7. The first-order valence-electron chi connectivity index (χ1n) is 7.86. The topological polar surface area (TPSA) is 38.3 Å². The number of benzene rings is 2. The van der Waals surface area contributed by atoms with Crippen molar-refractivity contribution in [1.82, 2.24) is 5.32 Å². The average molecular weight is 295 g/mol. The number of carbonyl (C=O) groups excluding carboxylic acids is 1. The third-order valence-corrected chi connectivity index (χ3v) is 3.97. The fraction of sp³-hybridized carbons (Fsp3) is 0.316. The van der Waals surface area contributed by atoms with Crippen molar-refractivity contribution in [2.75, 3.05) is 13.2 Å². The zero-order chi connectivity index (χ0) is 15.2. The van der Waals surface area contributed by atoms with E-state index in [9.17, 15) is 4.79 Å². The van der Waals surface area contributed by atoms with Gasteiger partial charge in [0.2, 0.25) is 5.91 Å². The van der Waals surface area contributed by atoms with Crippen LogP contribution in [-0.4, -0.2) is 19.1 Å². The van der Waals surface area contributed by atoms with Gasteiger partial charge in [0.15, 0.2) is 0 Å². The predicted octanol–water partition coefficient (Wildman–Crippen LogP) is 2.91. The van der Waals surface area contributed by atoms with Crippen LogP contribution in [0, 0.1) is 0 Å². The molecule has 0 spiro atoms. The first kappa shape index (κ1) is 14.6. The van der Waals surface area contributed by atoms with Crippen LogP contribution in [-0.2, 0) is 24.1 Å². The molecule has 3 heteroatoms. The average Bonchev–Trinajstić information content (AvgIpc) is 3.02. The molecule has 2 aromatic carbocycles. The fourth-order valence-corrected chi connectivity index (χ4v) is 2.73. The Labute approximate surface area is 131 Å². The highest BCUT2D eigenvalue weighted by Crippen LogP contribution is 2.25. The van der Waals surface area contributed by atoms with Crippen LogP contribution in [0.3, 0.4) is 0 Å². The highest BCUT2D eigenvalue weighted by molar-refractivity contribution is 5.76. The molecular formula is C19H21NO2. The first-order valence-corrected chi connectivity index (χ1v) is 7.86. The van der Waals surface area contributed by atoms with Gasteiger partial charge in [0.05, 0.1) is 6.61 Å². The van der Waals surface area contributed by atoms with E-state index in [1.165, 1.54) is 16.7 Å². The molecule has 114 valence electrons. The molecule has 22 heavy (non-hydrogen) atoms. The monoisotopic (exact) mass is 295 g/mol. The first-order chi connectivity index (χ1) is 10.8. The molecule has 1 aliphatic heterocycles. The predicted molar refractivity (Wildman–Crippen MR) is 87.1 cm³/mol. The number of rotatable bonds is 6. The van der Waals surface area contributed by atoms with Crippen LogP contribution >= 0.6 is 0 Å². The summed E-state index contributed by atoms with van der Waals surface area (Å²) in [4.78, 5) is 11.9. The molecule has 0 saturated heterocycles. The Morgan fingerprint density at radius 3 is 2.77 bits per heavy atom. The van der Waals surface area contributed by atoms with Gasteiger partial charge in [-0.15, -0.1) is 0 Å². The third-order valence-electron chi connectivity index (χ3n) is 3.97. The molecule has 0 unspecified atom stereocenters. The van der Waals surface area contributed by atoms with Gasteiger partial charge < -0.3 is 10.1 Å². The van der Waals surface area contributed by atoms with Gasteiger partial charge in [0.25, 0.3) is 0 Å². The van der Waals surface area contributed by atoms with Gasteiger partial charge >= 0.3 is 0 Å². The number of aryl methyl sites for hydroxylation is 1. The maximum atomic E-state index is 11.9. The molecule has 1 aliphatic rings. The number of amides is 1. The van der Waals surface area contributed by atoms with Gasteiger partial charge in [-0.25, -0.2) is 0 Å². The Morgan fingerprint density at radius 1 is 1.05 bits per heavy atom. The summed E-state index contributed by atoms with van der Waals surface area (Å²) < 4.78 is 5.50. The summed E-state index contributed by atoms with van der Waals surface area (Å²) in [5.74, 6) is 1.13. The summed E-state index contributed by atoms with van der Waals surface area (Å²) in [6.45, 7) is 1.47. The van der Waals surface area contributed by atoms with Crippen LogP contribution in [0.1, 0.15) is 23.1 Å². The van der Waals surface area contributed by atoms with Gasteiger partial charge in [-0.1, -0.05) is 42.5 Å². The third kappa shape index (κ3) is 3.88. The van der Waals surface area contributed by atoms with E-state index in [0.717, 1.165) is 31.6 Å². The van der Waals surface area contributed by atoms with Crippen molar-refractivity contribution in [2.24, 2.45) is 0 Å². The normalized spacial score (nSPS) is 12.5. The summed E-state index contributed by atoms with van der Waals surface area (Å²) in [7, 11) is 0. The minimum absolute atomic E-state index is 0.119. The number of hydrogen-bond donors (Lipinski definition) is 1. The van der Waals surface area contributed by atoms with E-state index in [1.807, 2.05) is 24.3 Å². The van der Waals surface area contributed by atoms with Crippen molar-refractivity contribution in [3.63, 3.8) is 0 Å². The van der Waals surface area contributed by atoms with Gasteiger partial charge in [-0.05, 0) is 35.6 Å². The number of nitrogens with one attached hydrogen (secondary N) is 1. The number of fused-ring (bicyclic) bond motifs is 1. The molecule has 2 aromatic rings. The lowest BCUT2D eigenvalue weighted by Crippen LogP contribution is -2.25. The molecule has 0 atom stereocenters. The maximum Gasteiger partial charge on any atom is 0.220 e. The van der Waals surface area contributed by atoms with Crippen molar-refractivity contribution < 1.29 is 9.53 Å². The lowest BCUT2D eigenvalue weighted by molar-refractivity contribution is -0.121. The van der Waals surface area contributed by atoms with Crippen molar-refractivity contribution in [3.05, 3.63) is 65.2 Å². The van der Waals surface area contributed by atoms with E-state index >= 15 is 0 Å². The van der Waals surface area contributed by atoms with Gasteiger partial charge in [-0.2, -0.15) is 0 Å². The second-order valence-corrected chi connectivity index (χ2v) is 5.63. The molecule has 0 aliphatic carbocycles. The number of ether oxygens (including phenoxy) is 1. The molecule has 0 saturated carbocycles. The smallest absolute Gasteiger partial charge is 0.220 e. The van der Waals surface area contributed by atoms with Crippen LogP contribution in [0.4, 0.5) is 0 Å². The summed E-state index contributed by atoms with van der Waals surface area (Å²) in [6, 6.07) is 16.4. The minimum atomic E-state index is 0.119. The van der Waals surface area contributed by atoms with Crippen molar-refractivity contribution in [1.29, 1.82) is 0 Å². The lowest BCUT2D eigenvalue weighted by Gasteiger charge is -2.07.